The van der Waals surface area contributed by atoms with Crippen LogP contribution in [0.3, 0.4) is 0 Å². The number of nitrogens with two attached hydrogens (primary N) is 1. The van der Waals surface area contributed by atoms with Crippen molar-refractivity contribution in [3.63, 3.8) is 0 Å². The van der Waals surface area contributed by atoms with Crippen LogP contribution < -0.4 is 5.73 Å². The van der Waals surface area contributed by atoms with Crippen LogP contribution in [0.1, 0.15) is 11.6 Å². The largest absolute Gasteiger partial charge is 0.379 e. The Morgan fingerprint density at radius 2 is 2.12 bits per heavy atom. The van der Waals surface area contributed by atoms with Crippen LogP contribution in [0.4, 0.5) is 4.39 Å². The van der Waals surface area contributed by atoms with Gasteiger partial charge in [0, 0.05) is 30.1 Å². The summed E-state index contributed by atoms with van der Waals surface area (Å²) in [4.78, 5) is 2.28. The van der Waals surface area contributed by atoms with Crippen molar-refractivity contribution in [1.82, 2.24) is 4.90 Å². The van der Waals surface area contributed by atoms with Gasteiger partial charge in [-0.2, -0.15) is 0 Å². The first-order chi connectivity index (χ1) is 8.22. The van der Waals surface area contributed by atoms with Crippen molar-refractivity contribution in [1.29, 1.82) is 0 Å². The van der Waals surface area contributed by atoms with E-state index in [0.717, 1.165) is 36.3 Å². The molecule has 1 aliphatic rings. The standard InChI is InChI=1S/C12H16BrFN2O/c13-11-7-9(14)1-2-10(11)12(8-15)16-3-5-17-6-4-16/h1-2,7,12H,3-6,8,15H2. The fourth-order valence-corrected chi connectivity index (χ4v) is 2.75. The quantitative estimate of drug-likeness (QED) is 0.927. The highest BCUT2D eigenvalue weighted by molar-refractivity contribution is 9.10. The van der Waals surface area contributed by atoms with Crippen LogP contribution in [-0.2, 0) is 4.74 Å². The summed E-state index contributed by atoms with van der Waals surface area (Å²) >= 11 is 3.40. The molecule has 1 unspecified atom stereocenters. The molecule has 0 aliphatic carbocycles. The van der Waals surface area contributed by atoms with Crippen molar-refractivity contribution >= 4 is 15.9 Å². The number of hydrogen-bond donors (Lipinski definition) is 1. The van der Waals surface area contributed by atoms with Crippen molar-refractivity contribution < 1.29 is 9.13 Å². The van der Waals surface area contributed by atoms with Gasteiger partial charge >= 0.3 is 0 Å². The minimum Gasteiger partial charge on any atom is -0.379 e. The molecule has 94 valence electrons. The molecule has 3 nitrogen and oxygen atoms in total. The molecule has 1 aromatic carbocycles. The Bertz CT molecular complexity index is 383. The number of benzene rings is 1. The second-order valence-electron chi connectivity index (χ2n) is 4.07. The topological polar surface area (TPSA) is 38.5 Å². The summed E-state index contributed by atoms with van der Waals surface area (Å²) in [6.45, 7) is 3.71. The summed E-state index contributed by atoms with van der Waals surface area (Å²) in [7, 11) is 0. The smallest absolute Gasteiger partial charge is 0.124 e. The lowest BCUT2D eigenvalue weighted by Gasteiger charge is -2.34. The second kappa shape index (κ2) is 5.91. The van der Waals surface area contributed by atoms with Gasteiger partial charge in [0.25, 0.3) is 0 Å². The molecule has 0 amide bonds. The Morgan fingerprint density at radius 3 is 2.71 bits per heavy atom. The third-order valence-corrected chi connectivity index (χ3v) is 3.72. The molecule has 0 saturated carbocycles. The number of halogens is 2. The van der Waals surface area contributed by atoms with Crippen LogP contribution in [0, 0.1) is 5.82 Å². The molecular weight excluding hydrogens is 287 g/mol. The molecule has 1 saturated heterocycles. The molecule has 1 fully saturated rings. The lowest BCUT2D eigenvalue weighted by Crippen LogP contribution is -2.41. The van der Waals surface area contributed by atoms with Crippen molar-refractivity contribution in [2.45, 2.75) is 6.04 Å². The predicted octanol–water partition coefficient (Wildman–Crippen LogP) is 1.92. The number of rotatable bonds is 3. The highest BCUT2D eigenvalue weighted by atomic mass is 79.9. The van der Waals surface area contributed by atoms with E-state index in [1.165, 1.54) is 12.1 Å². The average molecular weight is 303 g/mol. The predicted molar refractivity (Wildman–Crippen MR) is 68.3 cm³/mol. The van der Waals surface area contributed by atoms with Crippen LogP contribution in [0.5, 0.6) is 0 Å². The number of ether oxygens (including phenoxy) is 1. The van der Waals surface area contributed by atoms with E-state index in [2.05, 4.69) is 20.8 Å². The Kier molecular flexibility index (Phi) is 4.50. The molecule has 1 aromatic rings. The normalized spacial score (nSPS) is 19.2. The summed E-state index contributed by atoms with van der Waals surface area (Å²) in [5.74, 6) is -0.238. The van der Waals surface area contributed by atoms with E-state index in [9.17, 15) is 4.39 Å². The number of hydrogen-bond acceptors (Lipinski definition) is 3. The lowest BCUT2D eigenvalue weighted by molar-refractivity contribution is 0.0177. The molecule has 0 spiro atoms. The molecule has 5 heteroatoms. The van der Waals surface area contributed by atoms with E-state index in [1.807, 2.05) is 0 Å². The third-order valence-electron chi connectivity index (χ3n) is 3.03. The van der Waals surface area contributed by atoms with Crippen LogP contribution in [-0.4, -0.2) is 37.7 Å². The minimum atomic E-state index is -0.238. The van der Waals surface area contributed by atoms with E-state index in [0.29, 0.717) is 6.54 Å². The maximum Gasteiger partial charge on any atom is 0.124 e. The Hall–Kier alpha value is -0.490. The van der Waals surface area contributed by atoms with E-state index in [1.54, 1.807) is 6.07 Å². The van der Waals surface area contributed by atoms with Crippen LogP contribution in [0.15, 0.2) is 22.7 Å². The van der Waals surface area contributed by atoms with Crippen LogP contribution in [0.2, 0.25) is 0 Å². The Morgan fingerprint density at radius 1 is 1.41 bits per heavy atom. The maximum absolute atomic E-state index is 13.1. The van der Waals surface area contributed by atoms with Gasteiger partial charge in [-0.1, -0.05) is 22.0 Å². The van der Waals surface area contributed by atoms with Gasteiger partial charge in [0.15, 0.2) is 0 Å². The minimum absolute atomic E-state index is 0.119. The van der Waals surface area contributed by atoms with Crippen molar-refractivity contribution in [3.8, 4) is 0 Å². The van der Waals surface area contributed by atoms with Gasteiger partial charge in [0.2, 0.25) is 0 Å². The zero-order valence-corrected chi connectivity index (χ0v) is 11.1. The van der Waals surface area contributed by atoms with Crippen LogP contribution in [0.25, 0.3) is 0 Å². The number of morpholine rings is 1. The molecule has 1 atom stereocenters. The molecule has 2 N–H and O–H groups in total. The Balaban J connectivity index is 2.21. The SMILES string of the molecule is NCC(c1ccc(F)cc1Br)N1CCOCC1. The first kappa shape index (κ1) is 13.0. The summed E-state index contributed by atoms with van der Waals surface area (Å²) in [6, 6.07) is 4.88. The van der Waals surface area contributed by atoms with E-state index in [4.69, 9.17) is 10.5 Å². The summed E-state index contributed by atoms with van der Waals surface area (Å²) in [5, 5.41) is 0. The molecule has 1 heterocycles. The van der Waals surface area contributed by atoms with Gasteiger partial charge in [-0.15, -0.1) is 0 Å². The highest BCUT2D eigenvalue weighted by Gasteiger charge is 2.23. The van der Waals surface area contributed by atoms with Crippen molar-refractivity contribution in [2.24, 2.45) is 5.73 Å². The molecule has 2 rings (SSSR count). The molecule has 17 heavy (non-hydrogen) atoms. The van der Waals surface area contributed by atoms with Gasteiger partial charge in [-0.3, -0.25) is 4.90 Å². The van der Waals surface area contributed by atoms with Crippen molar-refractivity contribution in [2.75, 3.05) is 32.8 Å². The summed E-state index contributed by atoms with van der Waals surface area (Å²) in [5.41, 5.74) is 6.88. The van der Waals surface area contributed by atoms with Crippen LogP contribution >= 0.6 is 15.9 Å². The highest BCUT2D eigenvalue weighted by Crippen LogP contribution is 2.28. The van der Waals surface area contributed by atoms with Gasteiger partial charge in [-0.05, 0) is 17.7 Å². The van der Waals surface area contributed by atoms with Gasteiger partial charge in [0.1, 0.15) is 5.82 Å². The molecular formula is C12H16BrFN2O. The van der Waals surface area contributed by atoms with E-state index >= 15 is 0 Å². The zero-order chi connectivity index (χ0) is 12.3. The van der Waals surface area contributed by atoms with E-state index < -0.39 is 0 Å². The Labute approximate surface area is 109 Å². The first-order valence-electron chi connectivity index (χ1n) is 5.69. The average Bonchev–Trinajstić information content (AvgIpc) is 2.34. The zero-order valence-electron chi connectivity index (χ0n) is 9.53. The molecule has 0 bridgehead atoms. The maximum atomic E-state index is 13.1. The first-order valence-corrected chi connectivity index (χ1v) is 6.48. The molecule has 1 aliphatic heterocycles. The fourth-order valence-electron chi connectivity index (χ4n) is 2.13. The van der Waals surface area contributed by atoms with Gasteiger partial charge in [0.05, 0.1) is 13.2 Å². The molecule has 0 aromatic heterocycles. The lowest BCUT2D eigenvalue weighted by atomic mass is 10.0. The fraction of sp³-hybridized carbons (Fsp3) is 0.500. The van der Waals surface area contributed by atoms with Crippen molar-refractivity contribution in [3.05, 3.63) is 34.1 Å². The molecule has 0 radical (unpaired) electrons. The monoisotopic (exact) mass is 302 g/mol. The second-order valence-corrected chi connectivity index (χ2v) is 4.92. The summed E-state index contributed by atoms with van der Waals surface area (Å²) in [6.07, 6.45) is 0. The van der Waals surface area contributed by atoms with Gasteiger partial charge < -0.3 is 10.5 Å². The summed E-state index contributed by atoms with van der Waals surface area (Å²) < 4.78 is 19.2. The van der Waals surface area contributed by atoms with Gasteiger partial charge in [-0.25, -0.2) is 4.39 Å². The number of nitrogens with zero attached hydrogens (tertiary/aromatic N) is 1. The third kappa shape index (κ3) is 3.04. The van der Waals surface area contributed by atoms with E-state index in [-0.39, 0.29) is 11.9 Å².